The van der Waals surface area contributed by atoms with Gasteiger partial charge in [0.1, 0.15) is 5.75 Å². The minimum absolute atomic E-state index is 0.0266. The highest BCUT2D eigenvalue weighted by molar-refractivity contribution is 6.07. The monoisotopic (exact) mass is 388 g/mol. The zero-order chi connectivity index (χ0) is 20.2. The van der Waals surface area contributed by atoms with Gasteiger partial charge in [0.2, 0.25) is 0 Å². The highest BCUT2D eigenvalue weighted by Crippen LogP contribution is 2.22. The number of nitrogens with one attached hydrogen (secondary N) is 1. The largest absolute Gasteiger partial charge is 0.496 e. The molecule has 1 N–H and O–H groups in total. The molecule has 3 aromatic rings. The van der Waals surface area contributed by atoms with Crippen LogP contribution < -0.4 is 10.1 Å². The van der Waals surface area contributed by atoms with Crippen LogP contribution in [0.2, 0.25) is 0 Å². The van der Waals surface area contributed by atoms with Crippen LogP contribution in [0.1, 0.15) is 33.6 Å². The van der Waals surface area contributed by atoms with E-state index in [2.05, 4.69) is 5.32 Å². The van der Waals surface area contributed by atoms with Crippen molar-refractivity contribution in [2.45, 2.75) is 18.9 Å². The molecular formula is C24H24N2O3. The van der Waals surface area contributed by atoms with Crippen molar-refractivity contribution in [3.05, 3.63) is 77.9 Å². The number of carbonyl (C=O) groups excluding carboxylic acids is 2. The summed E-state index contributed by atoms with van der Waals surface area (Å²) in [5.74, 6) is 0.501. The summed E-state index contributed by atoms with van der Waals surface area (Å²) in [5.41, 5.74) is 1.27. The first-order chi connectivity index (χ1) is 14.2. The fourth-order valence-corrected chi connectivity index (χ4v) is 3.91. The number of methoxy groups -OCH3 is 1. The number of hydrogen-bond acceptors (Lipinski definition) is 3. The van der Waals surface area contributed by atoms with Crippen LogP contribution in [0.25, 0.3) is 10.8 Å². The van der Waals surface area contributed by atoms with E-state index < -0.39 is 0 Å². The van der Waals surface area contributed by atoms with Crippen molar-refractivity contribution in [1.29, 1.82) is 0 Å². The number of rotatable bonds is 4. The highest BCUT2D eigenvalue weighted by Gasteiger charge is 2.26. The first-order valence-corrected chi connectivity index (χ1v) is 9.88. The van der Waals surface area contributed by atoms with Gasteiger partial charge in [0, 0.05) is 24.7 Å². The molecule has 1 fully saturated rings. The van der Waals surface area contributed by atoms with E-state index in [1.165, 1.54) is 0 Å². The Bertz CT molecular complexity index is 1030. The van der Waals surface area contributed by atoms with Crippen LogP contribution in [-0.4, -0.2) is 43.0 Å². The van der Waals surface area contributed by atoms with E-state index in [9.17, 15) is 9.59 Å². The van der Waals surface area contributed by atoms with Gasteiger partial charge in [-0.05, 0) is 41.8 Å². The molecule has 5 heteroatoms. The molecular weight excluding hydrogens is 364 g/mol. The molecule has 0 atom stereocenters. The van der Waals surface area contributed by atoms with Gasteiger partial charge < -0.3 is 15.0 Å². The molecule has 0 radical (unpaired) electrons. The number of benzene rings is 3. The summed E-state index contributed by atoms with van der Waals surface area (Å²) in [7, 11) is 1.57. The molecule has 1 heterocycles. The second-order valence-corrected chi connectivity index (χ2v) is 7.27. The second kappa shape index (κ2) is 8.35. The number of likely N-dealkylation sites (tertiary alicyclic amines) is 1. The summed E-state index contributed by atoms with van der Waals surface area (Å²) in [6, 6.07) is 21.0. The van der Waals surface area contributed by atoms with E-state index in [0.717, 1.165) is 23.6 Å². The van der Waals surface area contributed by atoms with Gasteiger partial charge in [-0.25, -0.2) is 0 Å². The van der Waals surface area contributed by atoms with Gasteiger partial charge in [-0.3, -0.25) is 9.59 Å². The van der Waals surface area contributed by atoms with Gasteiger partial charge >= 0.3 is 0 Å². The Kier molecular flexibility index (Phi) is 5.47. The summed E-state index contributed by atoms with van der Waals surface area (Å²) < 4.78 is 5.31. The summed E-state index contributed by atoms with van der Waals surface area (Å²) in [6.45, 7) is 1.22. The fraction of sp³-hybridized carbons (Fsp3) is 0.250. The molecule has 1 aliphatic heterocycles. The molecule has 0 bridgehead atoms. The van der Waals surface area contributed by atoms with Gasteiger partial charge in [-0.15, -0.1) is 0 Å². The molecule has 0 saturated carbocycles. The molecule has 3 aromatic carbocycles. The molecule has 0 unspecified atom stereocenters. The Labute approximate surface area is 170 Å². The quantitative estimate of drug-likeness (QED) is 0.738. The van der Waals surface area contributed by atoms with E-state index in [1.54, 1.807) is 19.2 Å². The first kappa shape index (κ1) is 19.0. The molecule has 5 nitrogen and oxygen atoms in total. The van der Waals surface area contributed by atoms with Crippen LogP contribution >= 0.6 is 0 Å². The molecule has 29 heavy (non-hydrogen) atoms. The van der Waals surface area contributed by atoms with Crippen LogP contribution in [-0.2, 0) is 0 Å². The Hall–Kier alpha value is -3.34. The maximum Gasteiger partial charge on any atom is 0.257 e. The predicted octanol–water partition coefficient (Wildman–Crippen LogP) is 3.88. The van der Waals surface area contributed by atoms with Crippen molar-refractivity contribution in [3.8, 4) is 5.75 Å². The Morgan fingerprint density at radius 2 is 1.55 bits per heavy atom. The average Bonchev–Trinajstić information content (AvgIpc) is 2.78. The number of fused-ring (bicyclic) bond motifs is 1. The van der Waals surface area contributed by atoms with E-state index in [1.807, 2.05) is 59.5 Å². The van der Waals surface area contributed by atoms with E-state index in [-0.39, 0.29) is 17.9 Å². The van der Waals surface area contributed by atoms with Gasteiger partial charge in [0.15, 0.2) is 0 Å². The third kappa shape index (κ3) is 3.94. The SMILES string of the molecule is COc1ccccc1C(=O)N1CCC(NC(=O)c2cccc3ccccc23)CC1. The maximum absolute atomic E-state index is 12.8. The second-order valence-electron chi connectivity index (χ2n) is 7.27. The molecule has 2 amide bonds. The topological polar surface area (TPSA) is 58.6 Å². The van der Waals surface area contributed by atoms with E-state index in [0.29, 0.717) is 30.0 Å². The number of carbonyl (C=O) groups is 2. The van der Waals surface area contributed by atoms with Crippen molar-refractivity contribution in [3.63, 3.8) is 0 Å². The third-order valence-electron chi connectivity index (χ3n) is 5.49. The van der Waals surface area contributed by atoms with Gasteiger partial charge in [-0.2, -0.15) is 0 Å². The Morgan fingerprint density at radius 1 is 0.897 bits per heavy atom. The van der Waals surface area contributed by atoms with Crippen molar-refractivity contribution in [2.75, 3.05) is 20.2 Å². The average molecular weight is 388 g/mol. The maximum atomic E-state index is 12.8. The van der Waals surface area contributed by atoms with Crippen molar-refractivity contribution in [2.24, 2.45) is 0 Å². The lowest BCUT2D eigenvalue weighted by Crippen LogP contribution is -2.46. The lowest BCUT2D eigenvalue weighted by Gasteiger charge is -2.32. The van der Waals surface area contributed by atoms with Gasteiger partial charge in [0.25, 0.3) is 11.8 Å². The smallest absolute Gasteiger partial charge is 0.257 e. The minimum atomic E-state index is -0.0590. The van der Waals surface area contributed by atoms with Crippen LogP contribution in [0, 0.1) is 0 Å². The van der Waals surface area contributed by atoms with Crippen LogP contribution in [0.4, 0.5) is 0 Å². The van der Waals surface area contributed by atoms with Gasteiger partial charge in [-0.1, -0.05) is 48.5 Å². The summed E-state index contributed by atoms with van der Waals surface area (Å²) in [6.07, 6.45) is 1.47. The van der Waals surface area contributed by atoms with Gasteiger partial charge in [0.05, 0.1) is 12.7 Å². The van der Waals surface area contributed by atoms with Crippen molar-refractivity contribution in [1.82, 2.24) is 10.2 Å². The molecule has 0 aromatic heterocycles. The standard InChI is InChI=1S/C24H24N2O3/c1-29-22-12-5-4-10-21(22)24(28)26-15-13-18(14-16-26)25-23(27)20-11-6-8-17-7-2-3-9-19(17)20/h2-12,18H,13-16H2,1H3,(H,25,27). The molecule has 0 spiro atoms. The number of ether oxygens (including phenoxy) is 1. The van der Waals surface area contributed by atoms with Crippen LogP contribution in [0.3, 0.4) is 0 Å². The lowest BCUT2D eigenvalue weighted by molar-refractivity contribution is 0.0695. The third-order valence-corrected chi connectivity index (χ3v) is 5.49. The zero-order valence-corrected chi connectivity index (χ0v) is 16.4. The number of nitrogens with zero attached hydrogens (tertiary/aromatic N) is 1. The Balaban J connectivity index is 1.40. The van der Waals surface area contributed by atoms with E-state index in [4.69, 9.17) is 4.74 Å². The summed E-state index contributed by atoms with van der Waals surface area (Å²) in [4.78, 5) is 27.5. The summed E-state index contributed by atoms with van der Waals surface area (Å²) in [5, 5.41) is 5.16. The molecule has 148 valence electrons. The highest BCUT2D eigenvalue weighted by atomic mass is 16.5. The molecule has 4 rings (SSSR count). The van der Waals surface area contributed by atoms with E-state index >= 15 is 0 Å². The van der Waals surface area contributed by atoms with Crippen molar-refractivity contribution < 1.29 is 14.3 Å². The Morgan fingerprint density at radius 3 is 2.34 bits per heavy atom. The number of piperidine rings is 1. The number of hydrogen-bond donors (Lipinski definition) is 1. The lowest BCUT2D eigenvalue weighted by atomic mass is 10.0. The van der Waals surface area contributed by atoms with Crippen LogP contribution in [0.15, 0.2) is 66.7 Å². The molecule has 1 aliphatic rings. The normalized spacial score (nSPS) is 14.6. The minimum Gasteiger partial charge on any atom is -0.496 e. The number of para-hydroxylation sites is 1. The first-order valence-electron chi connectivity index (χ1n) is 9.88. The zero-order valence-electron chi connectivity index (χ0n) is 16.4. The molecule has 0 aliphatic carbocycles. The van der Waals surface area contributed by atoms with Crippen LogP contribution in [0.5, 0.6) is 5.75 Å². The molecule has 1 saturated heterocycles. The predicted molar refractivity (Wildman–Crippen MR) is 113 cm³/mol. The fourth-order valence-electron chi connectivity index (χ4n) is 3.91. The number of amides is 2. The summed E-state index contributed by atoms with van der Waals surface area (Å²) >= 11 is 0. The van der Waals surface area contributed by atoms with Crippen molar-refractivity contribution >= 4 is 22.6 Å².